The standard InChI is InChI=1S/C14H15O7.Sm/c1-19-13-11-9-6(16)5-7(17)10(9)12(21-11)14(13)20-8(18)3-2-4-15;/h9-14H,2-3,5H2,1H3;/q-1;/t9-,10+,11?,12?,13-,14+;/m0./s1. The summed E-state index contributed by atoms with van der Waals surface area (Å²) in [4.78, 5) is 45.6. The molecule has 0 amide bonds. The number of esters is 1. The number of carbonyl (C=O) groups excluding carboxylic acids is 4. The summed E-state index contributed by atoms with van der Waals surface area (Å²) in [7, 11) is 1.45. The van der Waals surface area contributed by atoms with Gasteiger partial charge in [-0.3, -0.25) is 20.7 Å². The first-order valence-electron chi connectivity index (χ1n) is 6.86. The van der Waals surface area contributed by atoms with Gasteiger partial charge in [0, 0.05) is 53.9 Å². The van der Waals surface area contributed by atoms with Gasteiger partial charge in [-0.05, 0) is 0 Å². The third-order valence-electron chi connectivity index (χ3n) is 4.44. The number of rotatable bonds is 5. The SMILES string of the molecule is CO[C@H]1C2OC([C@H]1OC(=O)CC[C-]=O)[C@@H]1C(=O)CC(=O)[C@H]21.[Sm]. The number of carbonyl (C=O) groups is 3. The average Bonchev–Trinajstić information content (AvgIpc) is 3.08. The molecule has 2 heterocycles. The van der Waals surface area contributed by atoms with Crippen LogP contribution in [0.25, 0.3) is 0 Å². The van der Waals surface area contributed by atoms with Crippen LogP contribution in [-0.4, -0.2) is 55.3 Å². The maximum atomic E-state index is 11.9. The van der Waals surface area contributed by atoms with E-state index in [1.807, 2.05) is 0 Å². The smallest absolute Gasteiger partial charge is 0.303 e. The van der Waals surface area contributed by atoms with Crippen molar-refractivity contribution in [2.75, 3.05) is 7.11 Å². The van der Waals surface area contributed by atoms with Crippen molar-refractivity contribution in [3.05, 3.63) is 0 Å². The topological polar surface area (TPSA) is 96.0 Å². The van der Waals surface area contributed by atoms with Crippen LogP contribution >= 0.6 is 0 Å². The average molecular weight is 446 g/mol. The largest absolute Gasteiger partial charge is 0.542 e. The molecule has 0 aromatic rings. The van der Waals surface area contributed by atoms with Gasteiger partial charge < -0.3 is 19.0 Å². The quantitative estimate of drug-likeness (QED) is 0.315. The number of ketones is 2. The molecule has 1 saturated carbocycles. The zero-order valence-corrected chi connectivity index (χ0v) is 14.5. The van der Waals surface area contributed by atoms with Gasteiger partial charge in [-0.25, -0.2) is 0 Å². The van der Waals surface area contributed by atoms with E-state index in [1.54, 1.807) is 6.29 Å². The van der Waals surface area contributed by atoms with Gasteiger partial charge in [-0.15, -0.1) is 6.42 Å². The summed E-state index contributed by atoms with van der Waals surface area (Å²) in [5.41, 5.74) is 0. The van der Waals surface area contributed by atoms with Crippen LogP contribution in [0.1, 0.15) is 19.3 Å². The molecule has 0 aromatic heterocycles. The first-order chi connectivity index (χ1) is 10.1. The van der Waals surface area contributed by atoms with Crippen LogP contribution in [-0.2, 0) is 33.4 Å². The third-order valence-corrected chi connectivity index (χ3v) is 4.44. The van der Waals surface area contributed by atoms with Crippen LogP contribution in [0.3, 0.4) is 0 Å². The molecule has 22 heavy (non-hydrogen) atoms. The molecule has 3 aliphatic rings. The van der Waals surface area contributed by atoms with E-state index in [1.165, 1.54) is 7.11 Å². The molecule has 2 saturated heterocycles. The Morgan fingerprint density at radius 2 is 1.82 bits per heavy atom. The Hall–Kier alpha value is -0.262. The van der Waals surface area contributed by atoms with Crippen molar-refractivity contribution in [1.29, 1.82) is 0 Å². The van der Waals surface area contributed by atoms with E-state index < -0.39 is 42.2 Å². The molecule has 120 valence electrons. The molecule has 0 radical (unpaired) electrons. The molecule has 3 rings (SSSR count). The van der Waals surface area contributed by atoms with Gasteiger partial charge in [-0.2, -0.15) is 0 Å². The fourth-order valence-corrected chi connectivity index (χ4v) is 3.64. The number of methoxy groups -OCH3 is 1. The Labute approximate surface area is 159 Å². The molecule has 0 aromatic carbocycles. The molecule has 2 bridgehead atoms. The van der Waals surface area contributed by atoms with Crippen molar-refractivity contribution in [1.82, 2.24) is 0 Å². The monoisotopic (exact) mass is 447 g/mol. The minimum absolute atomic E-state index is 0. The van der Waals surface area contributed by atoms with Gasteiger partial charge >= 0.3 is 5.97 Å². The first-order valence-corrected chi connectivity index (χ1v) is 6.86. The predicted molar refractivity (Wildman–Crippen MR) is 65.9 cm³/mol. The Morgan fingerprint density at radius 3 is 2.36 bits per heavy atom. The van der Waals surface area contributed by atoms with Crippen molar-refractivity contribution in [2.24, 2.45) is 11.8 Å². The number of Topliss-reactive ketones (excluding diaryl/α,β-unsaturated/α-hetero) is 2. The van der Waals surface area contributed by atoms with E-state index in [9.17, 15) is 19.2 Å². The third kappa shape index (κ3) is 2.80. The zero-order chi connectivity index (χ0) is 15.1. The molecule has 2 unspecified atom stereocenters. The molecule has 2 aliphatic heterocycles. The minimum atomic E-state index is -0.713. The summed E-state index contributed by atoms with van der Waals surface area (Å²) in [6.07, 6.45) is -1.02. The Kier molecular flexibility index (Phi) is 5.83. The van der Waals surface area contributed by atoms with Gasteiger partial charge in [0.15, 0.2) is 6.10 Å². The summed E-state index contributed by atoms with van der Waals surface area (Å²) in [6.45, 7) is 0. The van der Waals surface area contributed by atoms with E-state index in [4.69, 9.17) is 14.2 Å². The van der Waals surface area contributed by atoms with Crippen molar-refractivity contribution < 1.29 is 73.8 Å². The van der Waals surface area contributed by atoms with Crippen LogP contribution < -0.4 is 0 Å². The number of hydrogen-bond acceptors (Lipinski definition) is 7. The summed E-state index contributed by atoms with van der Waals surface area (Å²) in [5.74, 6) is -1.86. The molecular weight excluding hydrogens is 431 g/mol. The van der Waals surface area contributed by atoms with Gasteiger partial charge in [-0.1, -0.05) is 0 Å². The van der Waals surface area contributed by atoms with Gasteiger partial charge in [0.1, 0.15) is 23.8 Å². The van der Waals surface area contributed by atoms with Crippen LogP contribution in [0.2, 0.25) is 0 Å². The fraction of sp³-hybridized carbons (Fsp3) is 0.714. The van der Waals surface area contributed by atoms with E-state index in [-0.39, 0.29) is 71.2 Å². The predicted octanol–water partition coefficient (Wildman–Crippen LogP) is -0.642. The Balaban J connectivity index is 0.00000176. The van der Waals surface area contributed by atoms with Crippen molar-refractivity contribution in [3.63, 3.8) is 0 Å². The minimum Gasteiger partial charge on any atom is -0.542 e. The number of hydrogen-bond donors (Lipinski definition) is 0. The van der Waals surface area contributed by atoms with Crippen LogP contribution in [0.15, 0.2) is 0 Å². The van der Waals surface area contributed by atoms with Crippen LogP contribution in [0.4, 0.5) is 0 Å². The van der Waals surface area contributed by atoms with Crippen molar-refractivity contribution in [2.45, 2.75) is 43.7 Å². The molecule has 6 atom stereocenters. The molecule has 1 aliphatic carbocycles. The second kappa shape index (κ2) is 7.10. The Bertz CT molecular complexity index is 505. The van der Waals surface area contributed by atoms with Crippen molar-refractivity contribution in [3.8, 4) is 0 Å². The van der Waals surface area contributed by atoms with Crippen LogP contribution in [0, 0.1) is 52.2 Å². The second-order valence-electron chi connectivity index (χ2n) is 5.53. The Morgan fingerprint density at radius 1 is 1.23 bits per heavy atom. The van der Waals surface area contributed by atoms with Crippen molar-refractivity contribution >= 4 is 23.8 Å². The molecule has 0 spiro atoms. The molecule has 7 nitrogen and oxygen atoms in total. The maximum Gasteiger partial charge on any atom is 0.303 e. The van der Waals surface area contributed by atoms with E-state index in [0.717, 1.165) is 0 Å². The van der Waals surface area contributed by atoms with E-state index in [0.29, 0.717) is 0 Å². The first kappa shape index (κ1) is 18.1. The van der Waals surface area contributed by atoms with E-state index in [2.05, 4.69) is 0 Å². The van der Waals surface area contributed by atoms with Gasteiger partial charge in [0.05, 0.1) is 24.4 Å². The molecule has 0 N–H and O–H groups in total. The van der Waals surface area contributed by atoms with Gasteiger partial charge in [0.25, 0.3) is 0 Å². The summed E-state index contributed by atoms with van der Waals surface area (Å²) in [5, 5.41) is 0. The number of ether oxygens (including phenoxy) is 3. The number of fused-ring (bicyclic) bond motifs is 5. The summed E-state index contributed by atoms with van der Waals surface area (Å²) in [6, 6.07) is 0. The molecular formula is C14H15O7Sm-. The maximum absolute atomic E-state index is 11.9. The summed E-state index contributed by atoms with van der Waals surface area (Å²) >= 11 is 0. The molecule has 8 heteroatoms. The van der Waals surface area contributed by atoms with Gasteiger partial charge in [0.2, 0.25) is 0 Å². The van der Waals surface area contributed by atoms with Crippen LogP contribution in [0.5, 0.6) is 0 Å². The van der Waals surface area contributed by atoms with E-state index >= 15 is 0 Å². The summed E-state index contributed by atoms with van der Waals surface area (Å²) < 4.78 is 16.3. The molecule has 3 fully saturated rings. The zero-order valence-electron chi connectivity index (χ0n) is 11.9. The normalized spacial score (nSPS) is 38.6. The fourth-order valence-electron chi connectivity index (χ4n) is 3.64. The second-order valence-corrected chi connectivity index (χ2v) is 5.53.